The number of aliphatic hydroxyl groups excluding tert-OH is 3. The molecule has 0 aromatic carbocycles. The Balaban J connectivity index is 1.73. The van der Waals surface area contributed by atoms with E-state index in [0.29, 0.717) is 17.4 Å². The summed E-state index contributed by atoms with van der Waals surface area (Å²) in [7, 11) is 0. The minimum atomic E-state index is -1.26. The summed E-state index contributed by atoms with van der Waals surface area (Å²) in [6, 6.07) is 0.297. The molecule has 4 atom stereocenters. The van der Waals surface area contributed by atoms with Gasteiger partial charge in [-0.3, -0.25) is 9.55 Å². The Bertz CT molecular complexity index is 800. The van der Waals surface area contributed by atoms with Crippen LogP contribution in [-0.4, -0.2) is 65.8 Å². The fourth-order valence-corrected chi connectivity index (χ4v) is 3.09. The van der Waals surface area contributed by atoms with Crippen molar-refractivity contribution in [2.75, 3.05) is 11.9 Å². The second kappa shape index (κ2) is 5.81. The Labute approximate surface area is 136 Å². The summed E-state index contributed by atoms with van der Waals surface area (Å²) >= 11 is 0. The van der Waals surface area contributed by atoms with E-state index < -0.39 is 36.8 Å². The molecule has 1 aliphatic carbocycles. The lowest BCUT2D eigenvalue weighted by Crippen LogP contribution is -2.33. The standard InChI is InChI=1S/C14H19N5O5/c20-4-7-9(21)10(22)13(24-7)19-5-15-8-11(16-6-2-1-3-6)17-14(23)18-12(8)19/h5-7,9-10,13,20-22H,1-4H2,(H2,16,17,18,23)/t7-,9-,10-,13-/m1/s1. The van der Waals surface area contributed by atoms with Crippen LogP contribution in [0.25, 0.3) is 11.2 Å². The largest absolute Gasteiger partial charge is 0.394 e. The Morgan fingerprint density at radius 3 is 2.79 bits per heavy atom. The normalized spacial score (nSPS) is 30.6. The number of fused-ring (bicyclic) bond motifs is 1. The van der Waals surface area contributed by atoms with Crippen molar-refractivity contribution in [3.8, 4) is 0 Å². The highest BCUT2D eigenvalue weighted by Crippen LogP contribution is 2.32. The number of aromatic nitrogens is 4. The molecule has 0 amide bonds. The first kappa shape index (κ1) is 15.5. The second-order valence-electron chi connectivity index (χ2n) is 6.24. The molecule has 0 bridgehead atoms. The SMILES string of the molecule is O=c1nc2c(ncn2[C@@H]2O[C@H](CO)[C@@H](O)[C@H]2O)c(NC2CCC2)[nH]1. The van der Waals surface area contributed by atoms with Crippen LogP contribution in [0, 0.1) is 0 Å². The molecule has 0 unspecified atom stereocenters. The minimum Gasteiger partial charge on any atom is -0.394 e. The molecular weight excluding hydrogens is 318 g/mol. The van der Waals surface area contributed by atoms with Gasteiger partial charge in [0, 0.05) is 6.04 Å². The van der Waals surface area contributed by atoms with Gasteiger partial charge < -0.3 is 25.4 Å². The van der Waals surface area contributed by atoms with E-state index in [4.69, 9.17) is 4.74 Å². The van der Waals surface area contributed by atoms with Crippen LogP contribution in [0.1, 0.15) is 25.5 Å². The average Bonchev–Trinajstić information content (AvgIpc) is 3.05. The van der Waals surface area contributed by atoms with Gasteiger partial charge in [-0.2, -0.15) is 4.98 Å². The maximum absolute atomic E-state index is 11.9. The van der Waals surface area contributed by atoms with Gasteiger partial charge in [-0.1, -0.05) is 0 Å². The summed E-state index contributed by atoms with van der Waals surface area (Å²) in [5, 5.41) is 32.5. The molecule has 3 heterocycles. The first-order valence-corrected chi connectivity index (χ1v) is 7.94. The lowest BCUT2D eigenvalue weighted by molar-refractivity contribution is -0.0511. The first-order chi connectivity index (χ1) is 11.6. The van der Waals surface area contributed by atoms with Crippen LogP contribution in [0.5, 0.6) is 0 Å². The van der Waals surface area contributed by atoms with Gasteiger partial charge in [0.05, 0.1) is 12.9 Å². The van der Waals surface area contributed by atoms with Crippen molar-refractivity contribution >= 4 is 17.0 Å². The highest BCUT2D eigenvalue weighted by Gasteiger charge is 2.44. The number of anilines is 1. The van der Waals surface area contributed by atoms with Crippen LogP contribution in [0.4, 0.5) is 5.82 Å². The van der Waals surface area contributed by atoms with E-state index in [1.54, 1.807) is 0 Å². The summed E-state index contributed by atoms with van der Waals surface area (Å²) < 4.78 is 6.88. The summed E-state index contributed by atoms with van der Waals surface area (Å²) in [4.78, 5) is 22.7. The van der Waals surface area contributed by atoms with Gasteiger partial charge in [0.25, 0.3) is 0 Å². The Morgan fingerprint density at radius 2 is 2.17 bits per heavy atom. The molecule has 1 aliphatic heterocycles. The number of aromatic amines is 1. The van der Waals surface area contributed by atoms with Crippen molar-refractivity contribution in [2.45, 2.75) is 49.8 Å². The van der Waals surface area contributed by atoms with Crippen LogP contribution in [0.2, 0.25) is 0 Å². The highest BCUT2D eigenvalue weighted by atomic mass is 16.6. The summed E-state index contributed by atoms with van der Waals surface area (Å²) in [6.45, 7) is -0.427. The third kappa shape index (κ3) is 2.38. The topological polar surface area (TPSA) is 146 Å². The van der Waals surface area contributed by atoms with Crippen molar-refractivity contribution < 1.29 is 20.1 Å². The van der Waals surface area contributed by atoms with Crippen LogP contribution in [0.15, 0.2) is 11.1 Å². The molecular formula is C14H19N5O5. The number of ether oxygens (including phenoxy) is 1. The molecule has 2 aromatic rings. The highest BCUT2D eigenvalue weighted by molar-refractivity contribution is 5.82. The molecule has 2 aliphatic rings. The monoisotopic (exact) mass is 337 g/mol. The fraction of sp³-hybridized carbons (Fsp3) is 0.643. The lowest BCUT2D eigenvalue weighted by atomic mass is 9.93. The van der Waals surface area contributed by atoms with Crippen LogP contribution in [-0.2, 0) is 4.74 Å². The molecule has 1 saturated carbocycles. The predicted octanol–water partition coefficient (Wildman–Crippen LogP) is -1.30. The van der Waals surface area contributed by atoms with E-state index in [2.05, 4.69) is 20.3 Å². The van der Waals surface area contributed by atoms with Gasteiger partial charge in [-0.15, -0.1) is 0 Å². The van der Waals surface area contributed by atoms with Gasteiger partial charge in [0.15, 0.2) is 11.9 Å². The van der Waals surface area contributed by atoms with E-state index in [1.807, 2.05) is 0 Å². The lowest BCUT2D eigenvalue weighted by Gasteiger charge is -2.27. The van der Waals surface area contributed by atoms with E-state index in [-0.39, 0.29) is 5.65 Å². The number of rotatable bonds is 4. The quantitative estimate of drug-likeness (QED) is 0.462. The summed E-state index contributed by atoms with van der Waals surface area (Å²) in [6.07, 6.45) is 0.230. The molecule has 2 fully saturated rings. The predicted molar refractivity (Wildman–Crippen MR) is 82.4 cm³/mol. The Morgan fingerprint density at radius 1 is 1.38 bits per heavy atom. The van der Waals surface area contributed by atoms with E-state index in [0.717, 1.165) is 19.3 Å². The van der Waals surface area contributed by atoms with Crippen LogP contribution in [0.3, 0.4) is 0 Å². The number of H-pyrrole nitrogens is 1. The van der Waals surface area contributed by atoms with E-state index in [9.17, 15) is 20.1 Å². The molecule has 4 rings (SSSR count). The zero-order valence-electron chi connectivity index (χ0n) is 12.8. The van der Waals surface area contributed by atoms with Crippen molar-refractivity contribution in [3.05, 3.63) is 16.8 Å². The number of imidazole rings is 1. The maximum Gasteiger partial charge on any atom is 0.348 e. The van der Waals surface area contributed by atoms with E-state index >= 15 is 0 Å². The van der Waals surface area contributed by atoms with Gasteiger partial charge in [0.2, 0.25) is 0 Å². The third-order valence-corrected chi connectivity index (χ3v) is 4.69. The maximum atomic E-state index is 11.9. The number of aliphatic hydroxyl groups is 3. The zero-order valence-corrected chi connectivity index (χ0v) is 12.8. The van der Waals surface area contributed by atoms with Crippen molar-refractivity contribution in [1.82, 2.24) is 19.5 Å². The third-order valence-electron chi connectivity index (χ3n) is 4.69. The molecule has 0 radical (unpaired) electrons. The number of hydrogen-bond acceptors (Lipinski definition) is 8. The molecule has 130 valence electrons. The number of hydrogen-bond donors (Lipinski definition) is 5. The van der Waals surface area contributed by atoms with Gasteiger partial charge in [-0.05, 0) is 19.3 Å². The van der Waals surface area contributed by atoms with Crippen LogP contribution >= 0.6 is 0 Å². The van der Waals surface area contributed by atoms with Crippen molar-refractivity contribution in [2.24, 2.45) is 0 Å². The van der Waals surface area contributed by atoms with Gasteiger partial charge in [0.1, 0.15) is 29.6 Å². The molecule has 1 saturated heterocycles. The molecule has 24 heavy (non-hydrogen) atoms. The Hall–Kier alpha value is -2.01. The van der Waals surface area contributed by atoms with Gasteiger partial charge in [-0.25, -0.2) is 9.78 Å². The second-order valence-corrected chi connectivity index (χ2v) is 6.24. The minimum absolute atomic E-state index is 0.246. The zero-order chi connectivity index (χ0) is 16.8. The first-order valence-electron chi connectivity index (χ1n) is 7.94. The van der Waals surface area contributed by atoms with Gasteiger partial charge >= 0.3 is 5.69 Å². The Kier molecular flexibility index (Phi) is 3.76. The molecule has 10 heteroatoms. The summed E-state index contributed by atoms with van der Waals surface area (Å²) in [5.41, 5.74) is 0.160. The average molecular weight is 337 g/mol. The smallest absolute Gasteiger partial charge is 0.348 e. The van der Waals surface area contributed by atoms with E-state index in [1.165, 1.54) is 10.9 Å². The molecule has 5 N–H and O–H groups in total. The fourth-order valence-electron chi connectivity index (χ4n) is 3.09. The number of nitrogens with zero attached hydrogens (tertiary/aromatic N) is 3. The molecule has 0 spiro atoms. The van der Waals surface area contributed by atoms with Crippen LogP contribution < -0.4 is 11.0 Å². The van der Waals surface area contributed by atoms with Crippen molar-refractivity contribution in [3.63, 3.8) is 0 Å². The van der Waals surface area contributed by atoms with Crippen molar-refractivity contribution in [1.29, 1.82) is 0 Å². The molecule has 2 aromatic heterocycles. The summed E-state index contributed by atoms with van der Waals surface area (Å²) in [5.74, 6) is 0.486. The molecule has 10 nitrogen and oxygen atoms in total. The number of nitrogens with one attached hydrogen (secondary N) is 2.